The Morgan fingerprint density at radius 1 is 1.31 bits per heavy atom. The van der Waals surface area contributed by atoms with E-state index in [1.165, 1.54) is 38.6 Å². The molecule has 7 nitrogen and oxygen atoms in total. The molecular weight excluding hydrogens is 352 g/mol. The van der Waals surface area contributed by atoms with Crippen LogP contribution in [0.15, 0.2) is 23.0 Å². The Kier molecular flexibility index (Phi) is 5.51. The molecule has 0 aromatic carbocycles. The summed E-state index contributed by atoms with van der Waals surface area (Å²) in [7, 11) is 0. The number of rotatable bonds is 4. The first-order valence-electron chi connectivity index (χ1n) is 8.78. The molecule has 1 unspecified atom stereocenters. The predicted octanol–water partition coefficient (Wildman–Crippen LogP) is 1.91. The Labute approximate surface area is 155 Å². The van der Waals surface area contributed by atoms with Crippen molar-refractivity contribution >= 4 is 23.2 Å². The monoisotopic (exact) mass is 374 g/mol. The summed E-state index contributed by atoms with van der Waals surface area (Å²) < 4.78 is 1.24. The van der Waals surface area contributed by atoms with E-state index in [9.17, 15) is 14.4 Å². The van der Waals surface area contributed by atoms with Gasteiger partial charge in [0, 0.05) is 17.5 Å². The van der Waals surface area contributed by atoms with Crippen molar-refractivity contribution in [2.45, 2.75) is 46.1 Å². The smallest absolute Gasteiger partial charge is 0.268 e. The molecule has 0 bridgehead atoms. The topological polar surface area (TPSA) is 93.1 Å². The summed E-state index contributed by atoms with van der Waals surface area (Å²) >= 11 is 1.48. The van der Waals surface area contributed by atoms with Crippen molar-refractivity contribution in [3.05, 3.63) is 49.6 Å². The van der Waals surface area contributed by atoms with E-state index < -0.39 is 5.91 Å². The van der Waals surface area contributed by atoms with Crippen LogP contribution in [0.4, 0.5) is 0 Å². The third kappa shape index (κ3) is 4.01. The van der Waals surface area contributed by atoms with Gasteiger partial charge in [-0.15, -0.1) is 11.3 Å². The largest absolute Gasteiger partial charge is 0.290 e. The number of hydrogen-bond donors (Lipinski definition) is 2. The van der Waals surface area contributed by atoms with Crippen LogP contribution in [0.3, 0.4) is 0 Å². The third-order valence-corrected chi connectivity index (χ3v) is 5.61. The number of nitrogens with one attached hydrogen (secondary N) is 2. The van der Waals surface area contributed by atoms with Crippen LogP contribution in [0.5, 0.6) is 0 Å². The number of amides is 2. The molecule has 0 saturated heterocycles. The lowest BCUT2D eigenvalue weighted by molar-refractivity contribution is 0.0844. The molecule has 2 amide bonds. The van der Waals surface area contributed by atoms with Gasteiger partial charge in [-0.3, -0.25) is 25.2 Å². The summed E-state index contributed by atoms with van der Waals surface area (Å²) in [6, 6.07) is 4.56. The van der Waals surface area contributed by atoms with Crippen LogP contribution >= 0.6 is 11.3 Å². The molecule has 2 N–H and O–H groups in total. The van der Waals surface area contributed by atoms with E-state index >= 15 is 0 Å². The minimum Gasteiger partial charge on any atom is -0.268 e. The second kappa shape index (κ2) is 7.82. The van der Waals surface area contributed by atoms with Crippen LogP contribution < -0.4 is 16.4 Å². The molecule has 0 fully saturated rings. The lowest BCUT2D eigenvalue weighted by atomic mass is 9.90. The van der Waals surface area contributed by atoms with Gasteiger partial charge >= 0.3 is 0 Å². The van der Waals surface area contributed by atoms with Gasteiger partial charge in [0.05, 0.1) is 4.88 Å². The number of fused-ring (bicyclic) bond motifs is 1. The fourth-order valence-corrected chi connectivity index (χ4v) is 4.10. The lowest BCUT2D eigenvalue weighted by Gasteiger charge is -2.16. The number of nitrogens with zero attached hydrogens (tertiary/aromatic N) is 2. The van der Waals surface area contributed by atoms with Gasteiger partial charge in [0.25, 0.3) is 17.4 Å². The molecule has 2 aromatic rings. The Morgan fingerprint density at radius 2 is 2.08 bits per heavy atom. The predicted molar refractivity (Wildman–Crippen MR) is 99.2 cm³/mol. The fraction of sp³-hybridized carbons (Fsp3) is 0.444. The van der Waals surface area contributed by atoms with Gasteiger partial charge in [-0.2, -0.15) is 5.10 Å². The molecule has 1 atom stereocenters. The van der Waals surface area contributed by atoms with Gasteiger partial charge < -0.3 is 0 Å². The molecule has 0 radical (unpaired) electrons. The van der Waals surface area contributed by atoms with Crippen molar-refractivity contribution in [1.82, 2.24) is 20.6 Å². The van der Waals surface area contributed by atoms with Gasteiger partial charge in [-0.05, 0) is 49.3 Å². The van der Waals surface area contributed by atoms with Crippen molar-refractivity contribution in [3.63, 3.8) is 0 Å². The number of hydrogen-bond acceptors (Lipinski definition) is 5. The second-order valence-corrected chi connectivity index (χ2v) is 7.73. The molecule has 26 heavy (non-hydrogen) atoms. The minimum absolute atomic E-state index is 0.0812. The summed E-state index contributed by atoms with van der Waals surface area (Å²) in [6.45, 7) is 4.57. The van der Waals surface area contributed by atoms with E-state index in [1.54, 1.807) is 0 Å². The highest BCUT2D eigenvalue weighted by Crippen LogP contribution is 2.32. The maximum atomic E-state index is 12.3. The molecule has 0 saturated carbocycles. The van der Waals surface area contributed by atoms with Crippen molar-refractivity contribution < 1.29 is 9.59 Å². The van der Waals surface area contributed by atoms with Crippen molar-refractivity contribution in [1.29, 1.82) is 0 Å². The molecule has 1 aliphatic rings. The van der Waals surface area contributed by atoms with Gasteiger partial charge in [-0.25, -0.2) is 4.68 Å². The number of aromatic nitrogens is 2. The Morgan fingerprint density at radius 3 is 2.85 bits per heavy atom. The molecular formula is C18H22N4O3S. The normalized spacial score (nSPS) is 16.0. The molecule has 0 spiro atoms. The van der Waals surface area contributed by atoms with E-state index in [1.807, 2.05) is 13.0 Å². The van der Waals surface area contributed by atoms with Crippen LogP contribution in [0.25, 0.3) is 0 Å². The van der Waals surface area contributed by atoms with E-state index in [2.05, 4.69) is 22.9 Å². The van der Waals surface area contributed by atoms with E-state index in [0.29, 0.717) is 17.3 Å². The zero-order valence-corrected chi connectivity index (χ0v) is 15.7. The summed E-state index contributed by atoms with van der Waals surface area (Å²) in [5.41, 5.74) is 5.85. The first-order valence-corrected chi connectivity index (χ1v) is 9.60. The van der Waals surface area contributed by atoms with Crippen LogP contribution in [-0.2, 0) is 19.4 Å². The van der Waals surface area contributed by atoms with E-state index in [0.717, 1.165) is 25.7 Å². The third-order valence-electron chi connectivity index (χ3n) is 4.38. The maximum absolute atomic E-state index is 12.3. The number of hydrazine groups is 1. The zero-order valence-electron chi connectivity index (χ0n) is 14.9. The van der Waals surface area contributed by atoms with Gasteiger partial charge in [-0.1, -0.05) is 13.8 Å². The average Bonchev–Trinajstić information content (AvgIpc) is 3.04. The van der Waals surface area contributed by atoms with Gasteiger partial charge in [0.15, 0.2) is 5.69 Å². The highest BCUT2D eigenvalue weighted by Gasteiger charge is 2.21. The Hall–Kier alpha value is -2.48. The Balaban J connectivity index is 1.63. The van der Waals surface area contributed by atoms with E-state index in [4.69, 9.17) is 0 Å². The van der Waals surface area contributed by atoms with Gasteiger partial charge in [0.2, 0.25) is 0 Å². The average molecular weight is 374 g/mol. The minimum atomic E-state index is -0.557. The van der Waals surface area contributed by atoms with Crippen LogP contribution in [0.2, 0.25) is 0 Å². The fourth-order valence-electron chi connectivity index (χ4n) is 3.00. The van der Waals surface area contributed by atoms with Crippen LogP contribution in [0, 0.1) is 5.92 Å². The molecule has 0 aliphatic heterocycles. The van der Waals surface area contributed by atoms with Crippen LogP contribution in [0.1, 0.15) is 57.3 Å². The summed E-state index contributed by atoms with van der Waals surface area (Å²) in [5.74, 6) is -0.261. The molecule has 138 valence electrons. The zero-order chi connectivity index (χ0) is 18.7. The first-order chi connectivity index (χ1) is 12.5. The Bertz CT molecular complexity index is 887. The summed E-state index contributed by atoms with van der Waals surface area (Å²) in [6.07, 6.45) is 3.87. The molecule has 1 aliphatic carbocycles. The number of aryl methyl sites for hydroxylation is 2. The first kappa shape index (κ1) is 18.3. The molecule has 8 heteroatoms. The summed E-state index contributed by atoms with van der Waals surface area (Å²) in [5, 5.41) is 4.02. The quantitative estimate of drug-likeness (QED) is 0.800. The highest BCUT2D eigenvalue weighted by atomic mass is 32.1. The summed E-state index contributed by atoms with van der Waals surface area (Å²) in [4.78, 5) is 38.0. The second-order valence-electron chi connectivity index (χ2n) is 6.60. The molecule has 2 aromatic heterocycles. The van der Waals surface area contributed by atoms with Crippen molar-refractivity contribution in [2.24, 2.45) is 5.92 Å². The van der Waals surface area contributed by atoms with Crippen molar-refractivity contribution in [3.8, 4) is 0 Å². The van der Waals surface area contributed by atoms with Gasteiger partial charge in [0.1, 0.15) is 0 Å². The molecule has 2 heterocycles. The van der Waals surface area contributed by atoms with Crippen LogP contribution in [-0.4, -0.2) is 21.6 Å². The number of carbonyl (C=O) groups is 2. The highest BCUT2D eigenvalue weighted by molar-refractivity contribution is 7.14. The standard InChI is InChI=1S/C18H22N4O3S/c1-3-8-22-16(23)7-5-13(21-22)17(24)19-20-18(25)15-10-12-9-11(2)4-6-14(12)26-15/h5,7,10-11H,3-4,6,8-9H2,1-2H3,(H,19,24)(H,20,25). The number of thiophene rings is 1. The lowest BCUT2D eigenvalue weighted by Crippen LogP contribution is -2.42. The number of carbonyl (C=O) groups excluding carboxylic acids is 2. The maximum Gasteiger partial charge on any atom is 0.290 e. The van der Waals surface area contributed by atoms with E-state index in [-0.39, 0.29) is 17.2 Å². The molecule has 3 rings (SSSR count). The SMILES string of the molecule is CCCn1nc(C(=O)NNC(=O)c2cc3c(s2)CCC(C)C3)ccc1=O. The van der Waals surface area contributed by atoms with Crippen molar-refractivity contribution in [2.75, 3.05) is 0 Å².